The maximum Gasteiger partial charge on any atom is 0.276 e. The molecule has 1 N–H and O–H groups in total. The molecule has 3 aromatic rings. The molecule has 24 heavy (non-hydrogen) atoms. The van der Waals surface area contributed by atoms with Crippen molar-refractivity contribution in [3.63, 3.8) is 0 Å². The lowest BCUT2D eigenvalue weighted by atomic mass is 10.1. The molecule has 122 valence electrons. The molecule has 0 fully saturated rings. The molecule has 0 unspecified atom stereocenters. The van der Waals surface area contributed by atoms with Crippen LogP contribution in [0.4, 0.5) is 5.13 Å². The number of amides is 1. The molecule has 3 rings (SSSR count). The minimum atomic E-state index is -0.262. The van der Waals surface area contributed by atoms with Gasteiger partial charge in [0.15, 0.2) is 5.13 Å². The van der Waals surface area contributed by atoms with Gasteiger partial charge in [-0.3, -0.25) is 15.1 Å². The van der Waals surface area contributed by atoms with Gasteiger partial charge in [0.2, 0.25) is 0 Å². The lowest BCUT2D eigenvalue weighted by Crippen LogP contribution is -2.13. The van der Waals surface area contributed by atoms with Gasteiger partial charge < -0.3 is 4.74 Å². The largest absolute Gasteiger partial charge is 0.496 e. The van der Waals surface area contributed by atoms with Crippen LogP contribution in [0.2, 0.25) is 0 Å². The van der Waals surface area contributed by atoms with E-state index in [0.29, 0.717) is 10.8 Å². The average Bonchev–Trinajstić information content (AvgIpc) is 2.96. The highest BCUT2D eigenvalue weighted by Gasteiger charge is 2.14. The van der Waals surface area contributed by atoms with E-state index in [1.807, 2.05) is 32.0 Å². The van der Waals surface area contributed by atoms with Gasteiger partial charge >= 0.3 is 0 Å². The second kappa shape index (κ2) is 6.80. The Morgan fingerprint density at radius 2 is 2.04 bits per heavy atom. The fourth-order valence-electron chi connectivity index (χ4n) is 2.40. The number of benzene rings is 1. The van der Waals surface area contributed by atoms with Gasteiger partial charge in [-0.1, -0.05) is 6.07 Å². The van der Waals surface area contributed by atoms with Crippen LogP contribution < -0.4 is 10.1 Å². The van der Waals surface area contributed by atoms with Crippen LogP contribution in [0.1, 0.15) is 20.9 Å². The first kappa shape index (κ1) is 16.1. The van der Waals surface area contributed by atoms with Gasteiger partial charge in [0, 0.05) is 16.6 Å². The topological polar surface area (TPSA) is 64.1 Å². The number of pyridine rings is 1. The molecule has 0 atom stereocenters. The maximum atomic E-state index is 12.2. The Bertz CT molecular complexity index is 875. The molecule has 5 nitrogen and oxygen atoms in total. The first-order valence-corrected chi connectivity index (χ1v) is 8.25. The third-order valence-electron chi connectivity index (χ3n) is 3.58. The summed E-state index contributed by atoms with van der Waals surface area (Å²) in [7, 11) is 1.65. The normalized spacial score (nSPS) is 10.5. The molecular formula is C18H17N3O2S. The number of hydrogen-bond acceptors (Lipinski definition) is 5. The molecular weight excluding hydrogens is 322 g/mol. The number of thiazole rings is 1. The second-order valence-corrected chi connectivity index (χ2v) is 6.48. The van der Waals surface area contributed by atoms with E-state index in [1.54, 1.807) is 31.5 Å². The molecule has 0 radical (unpaired) electrons. The Hall–Kier alpha value is -2.73. The van der Waals surface area contributed by atoms with Crippen molar-refractivity contribution in [1.29, 1.82) is 0 Å². The lowest BCUT2D eigenvalue weighted by Gasteiger charge is -2.06. The van der Waals surface area contributed by atoms with Gasteiger partial charge in [-0.25, -0.2) is 4.98 Å². The summed E-state index contributed by atoms with van der Waals surface area (Å²) in [5.74, 6) is 0.581. The van der Waals surface area contributed by atoms with Crippen LogP contribution in [0.3, 0.4) is 0 Å². The highest BCUT2D eigenvalue weighted by molar-refractivity contribution is 7.16. The SMILES string of the molecule is COc1ccc(-c2nc(NC(=O)c3ccccn3)sc2C)cc1C. The number of nitrogens with one attached hydrogen (secondary N) is 1. The second-order valence-electron chi connectivity index (χ2n) is 5.28. The lowest BCUT2D eigenvalue weighted by molar-refractivity contribution is 0.102. The van der Waals surface area contributed by atoms with E-state index in [9.17, 15) is 4.79 Å². The van der Waals surface area contributed by atoms with E-state index in [0.717, 1.165) is 27.4 Å². The number of aromatic nitrogens is 2. The zero-order chi connectivity index (χ0) is 17.1. The van der Waals surface area contributed by atoms with Crippen molar-refractivity contribution in [1.82, 2.24) is 9.97 Å². The summed E-state index contributed by atoms with van der Waals surface area (Å²) in [5.41, 5.74) is 3.27. The Labute approximate surface area is 144 Å². The number of ether oxygens (including phenoxy) is 1. The van der Waals surface area contributed by atoms with Crippen molar-refractivity contribution < 1.29 is 9.53 Å². The quantitative estimate of drug-likeness (QED) is 0.778. The Balaban J connectivity index is 1.85. The van der Waals surface area contributed by atoms with E-state index in [1.165, 1.54) is 11.3 Å². The van der Waals surface area contributed by atoms with Gasteiger partial charge in [0.05, 0.1) is 12.8 Å². The summed E-state index contributed by atoms with van der Waals surface area (Å²) >= 11 is 1.45. The van der Waals surface area contributed by atoms with Crippen LogP contribution >= 0.6 is 11.3 Å². The molecule has 0 saturated carbocycles. The van der Waals surface area contributed by atoms with E-state index in [2.05, 4.69) is 15.3 Å². The Morgan fingerprint density at radius 3 is 2.71 bits per heavy atom. The number of aryl methyl sites for hydroxylation is 2. The molecule has 6 heteroatoms. The van der Waals surface area contributed by atoms with Gasteiger partial charge in [-0.05, 0) is 49.7 Å². The molecule has 0 aliphatic rings. The highest BCUT2D eigenvalue weighted by Crippen LogP contribution is 2.32. The monoisotopic (exact) mass is 339 g/mol. The molecule has 0 bridgehead atoms. The summed E-state index contributed by atoms with van der Waals surface area (Å²) in [6, 6.07) is 11.2. The minimum Gasteiger partial charge on any atom is -0.496 e. The summed E-state index contributed by atoms with van der Waals surface area (Å²) in [6.07, 6.45) is 1.59. The van der Waals surface area contributed by atoms with Gasteiger partial charge in [-0.2, -0.15) is 0 Å². The van der Waals surface area contributed by atoms with E-state index >= 15 is 0 Å². The first-order chi connectivity index (χ1) is 11.6. The average molecular weight is 339 g/mol. The standard InChI is InChI=1S/C18H17N3O2S/c1-11-10-13(7-8-15(11)23-3)16-12(2)24-18(20-16)21-17(22)14-6-4-5-9-19-14/h4-10H,1-3H3,(H,20,21,22). The molecule has 0 aliphatic heterocycles. The minimum absolute atomic E-state index is 0.262. The zero-order valence-electron chi connectivity index (χ0n) is 13.7. The van der Waals surface area contributed by atoms with Crippen LogP contribution in [0.15, 0.2) is 42.6 Å². The van der Waals surface area contributed by atoms with Crippen LogP contribution in [-0.4, -0.2) is 23.0 Å². The molecule has 2 heterocycles. The number of carbonyl (C=O) groups is 1. The van der Waals surface area contributed by atoms with Crippen molar-refractivity contribution >= 4 is 22.4 Å². The van der Waals surface area contributed by atoms with Crippen molar-refractivity contribution in [2.45, 2.75) is 13.8 Å². The molecule has 1 aromatic carbocycles. The predicted molar refractivity (Wildman–Crippen MR) is 95.8 cm³/mol. The van der Waals surface area contributed by atoms with E-state index in [4.69, 9.17) is 4.74 Å². The fraction of sp³-hybridized carbons (Fsp3) is 0.167. The predicted octanol–water partition coefficient (Wildman–Crippen LogP) is 4.08. The number of anilines is 1. The zero-order valence-corrected chi connectivity index (χ0v) is 14.5. The first-order valence-electron chi connectivity index (χ1n) is 7.43. The van der Waals surface area contributed by atoms with E-state index < -0.39 is 0 Å². The van der Waals surface area contributed by atoms with Gasteiger partial charge in [-0.15, -0.1) is 11.3 Å². The van der Waals surface area contributed by atoms with Crippen LogP contribution in [0.25, 0.3) is 11.3 Å². The van der Waals surface area contributed by atoms with Crippen molar-refractivity contribution in [3.05, 3.63) is 58.7 Å². The Morgan fingerprint density at radius 1 is 1.21 bits per heavy atom. The number of rotatable bonds is 4. The fourth-order valence-corrected chi connectivity index (χ4v) is 3.23. The van der Waals surface area contributed by atoms with Crippen LogP contribution in [-0.2, 0) is 0 Å². The van der Waals surface area contributed by atoms with Crippen molar-refractivity contribution in [3.8, 4) is 17.0 Å². The summed E-state index contributed by atoms with van der Waals surface area (Å²) < 4.78 is 5.29. The molecule has 0 aliphatic carbocycles. The Kier molecular flexibility index (Phi) is 4.57. The highest BCUT2D eigenvalue weighted by atomic mass is 32.1. The number of methoxy groups -OCH3 is 1. The number of carbonyl (C=O) groups excluding carboxylic acids is 1. The van der Waals surface area contributed by atoms with Gasteiger partial charge in [0.25, 0.3) is 5.91 Å². The van der Waals surface area contributed by atoms with Crippen LogP contribution in [0.5, 0.6) is 5.75 Å². The van der Waals surface area contributed by atoms with Crippen molar-refractivity contribution in [2.24, 2.45) is 0 Å². The van der Waals surface area contributed by atoms with Gasteiger partial charge in [0.1, 0.15) is 11.4 Å². The molecule has 1 amide bonds. The summed E-state index contributed by atoms with van der Waals surface area (Å²) in [4.78, 5) is 21.8. The third kappa shape index (κ3) is 3.28. The summed E-state index contributed by atoms with van der Waals surface area (Å²) in [5, 5.41) is 3.37. The molecule has 0 spiro atoms. The van der Waals surface area contributed by atoms with E-state index in [-0.39, 0.29) is 5.91 Å². The van der Waals surface area contributed by atoms with Crippen molar-refractivity contribution in [2.75, 3.05) is 12.4 Å². The van der Waals surface area contributed by atoms with Crippen LogP contribution in [0, 0.1) is 13.8 Å². The molecule has 0 saturated heterocycles. The number of nitrogens with zero attached hydrogens (tertiary/aromatic N) is 2. The molecule has 2 aromatic heterocycles. The third-order valence-corrected chi connectivity index (χ3v) is 4.47. The maximum absolute atomic E-state index is 12.2. The smallest absolute Gasteiger partial charge is 0.276 e. The number of hydrogen-bond donors (Lipinski definition) is 1. The summed E-state index contributed by atoms with van der Waals surface area (Å²) in [6.45, 7) is 3.98.